The van der Waals surface area contributed by atoms with E-state index in [1.807, 2.05) is 30.9 Å². The van der Waals surface area contributed by atoms with Gasteiger partial charge >= 0.3 is 0 Å². The fourth-order valence-corrected chi connectivity index (χ4v) is 2.27. The van der Waals surface area contributed by atoms with E-state index < -0.39 is 0 Å². The molecule has 5 nitrogen and oxygen atoms in total. The lowest BCUT2D eigenvalue weighted by Gasteiger charge is -2.30. The molecule has 2 atom stereocenters. The molecule has 1 fully saturated rings. The number of hydrogen-bond acceptors (Lipinski definition) is 4. The molecule has 2 unspecified atom stereocenters. The van der Waals surface area contributed by atoms with Gasteiger partial charge in [-0.3, -0.25) is 9.69 Å². The van der Waals surface area contributed by atoms with E-state index in [4.69, 9.17) is 5.26 Å². The molecule has 1 amide bonds. The van der Waals surface area contributed by atoms with Crippen LogP contribution in [0.4, 0.5) is 0 Å². The Morgan fingerprint density at radius 2 is 2.17 bits per heavy atom. The van der Waals surface area contributed by atoms with Crippen molar-refractivity contribution in [2.24, 2.45) is 0 Å². The van der Waals surface area contributed by atoms with Gasteiger partial charge in [0.15, 0.2) is 0 Å². The summed E-state index contributed by atoms with van der Waals surface area (Å²) in [5.41, 5.74) is 0. The van der Waals surface area contributed by atoms with E-state index in [0.29, 0.717) is 0 Å². The van der Waals surface area contributed by atoms with Gasteiger partial charge in [0.25, 0.3) is 0 Å². The Labute approximate surface area is 110 Å². The standard InChI is InChI=1S/C13H24N4O/c1-11-6-8-16(4)12(5-7-14)13(18)17(11)10-9-15(2)3/h11-12H,5-6,8-10H2,1-4H3. The molecule has 0 spiro atoms. The smallest absolute Gasteiger partial charge is 0.241 e. The fraction of sp³-hybridized carbons (Fsp3) is 0.846. The van der Waals surface area contributed by atoms with E-state index in [9.17, 15) is 4.79 Å². The number of carbonyl (C=O) groups is 1. The molecule has 18 heavy (non-hydrogen) atoms. The average Bonchev–Trinajstić information content (AvgIpc) is 2.40. The van der Waals surface area contributed by atoms with Gasteiger partial charge in [-0.1, -0.05) is 0 Å². The summed E-state index contributed by atoms with van der Waals surface area (Å²) in [4.78, 5) is 18.5. The average molecular weight is 252 g/mol. The van der Waals surface area contributed by atoms with Crippen molar-refractivity contribution in [2.45, 2.75) is 31.8 Å². The summed E-state index contributed by atoms with van der Waals surface area (Å²) < 4.78 is 0. The predicted octanol–water partition coefficient (Wildman–Crippen LogP) is 0.383. The van der Waals surface area contributed by atoms with Crippen LogP contribution in [0.2, 0.25) is 0 Å². The molecule has 1 heterocycles. The maximum atomic E-state index is 12.5. The van der Waals surface area contributed by atoms with Gasteiger partial charge in [-0.25, -0.2) is 0 Å². The molecule has 5 heteroatoms. The Hall–Kier alpha value is -1.12. The first-order valence-electron chi connectivity index (χ1n) is 6.49. The van der Waals surface area contributed by atoms with E-state index in [1.54, 1.807) is 0 Å². The minimum Gasteiger partial charge on any atom is -0.337 e. The van der Waals surface area contributed by atoms with E-state index in [2.05, 4.69) is 17.9 Å². The molecule has 1 saturated heterocycles. The third kappa shape index (κ3) is 3.69. The SMILES string of the molecule is CC1CCN(C)C(CC#N)C(=O)N1CCN(C)C. The monoisotopic (exact) mass is 252 g/mol. The lowest BCUT2D eigenvalue weighted by molar-refractivity contribution is -0.136. The van der Waals surface area contributed by atoms with Gasteiger partial charge < -0.3 is 9.80 Å². The van der Waals surface area contributed by atoms with Crippen molar-refractivity contribution in [1.82, 2.24) is 14.7 Å². The van der Waals surface area contributed by atoms with Crippen molar-refractivity contribution in [3.8, 4) is 6.07 Å². The predicted molar refractivity (Wildman–Crippen MR) is 71.0 cm³/mol. The molecule has 0 bridgehead atoms. The number of likely N-dealkylation sites (N-methyl/N-ethyl adjacent to an activating group) is 2. The third-order valence-electron chi connectivity index (χ3n) is 3.60. The number of carbonyl (C=O) groups excluding carboxylic acids is 1. The second-order valence-electron chi connectivity index (χ2n) is 5.33. The number of rotatable bonds is 4. The molecule has 1 aliphatic heterocycles. The molecule has 0 aromatic carbocycles. The van der Waals surface area contributed by atoms with Gasteiger partial charge in [-0.2, -0.15) is 5.26 Å². The van der Waals surface area contributed by atoms with Crippen LogP contribution in [0.5, 0.6) is 0 Å². The highest BCUT2D eigenvalue weighted by Crippen LogP contribution is 2.17. The summed E-state index contributed by atoms with van der Waals surface area (Å²) in [7, 11) is 5.94. The minimum atomic E-state index is -0.276. The maximum absolute atomic E-state index is 12.5. The third-order valence-corrected chi connectivity index (χ3v) is 3.60. The summed E-state index contributed by atoms with van der Waals surface area (Å²) in [5.74, 6) is 0.103. The molecule has 0 aliphatic carbocycles. The first kappa shape index (κ1) is 14.9. The van der Waals surface area contributed by atoms with Crippen molar-refractivity contribution in [3.63, 3.8) is 0 Å². The van der Waals surface area contributed by atoms with Gasteiger partial charge in [0.05, 0.1) is 12.5 Å². The first-order chi connectivity index (χ1) is 8.47. The molecule has 0 saturated carbocycles. The van der Waals surface area contributed by atoms with Crippen LogP contribution in [-0.2, 0) is 4.79 Å². The largest absolute Gasteiger partial charge is 0.337 e. The van der Waals surface area contributed by atoms with Crippen LogP contribution in [0.25, 0.3) is 0 Å². The highest BCUT2D eigenvalue weighted by Gasteiger charge is 2.33. The lowest BCUT2D eigenvalue weighted by atomic mass is 10.1. The van der Waals surface area contributed by atoms with Crippen molar-refractivity contribution in [1.29, 1.82) is 5.26 Å². The molecule has 0 radical (unpaired) electrons. The zero-order valence-corrected chi connectivity index (χ0v) is 11.9. The fourth-order valence-electron chi connectivity index (χ4n) is 2.27. The summed E-state index contributed by atoms with van der Waals surface area (Å²) in [5, 5.41) is 8.86. The van der Waals surface area contributed by atoms with Crippen molar-refractivity contribution >= 4 is 5.91 Å². The maximum Gasteiger partial charge on any atom is 0.241 e. The van der Waals surface area contributed by atoms with Crippen LogP contribution in [0.3, 0.4) is 0 Å². The Kier molecular flexibility index (Phi) is 5.57. The van der Waals surface area contributed by atoms with E-state index in [1.165, 1.54) is 0 Å². The van der Waals surface area contributed by atoms with Crippen LogP contribution in [0.15, 0.2) is 0 Å². The summed E-state index contributed by atoms with van der Waals surface area (Å²) in [6, 6.07) is 2.10. The molecule has 0 aromatic rings. The van der Waals surface area contributed by atoms with Crippen molar-refractivity contribution in [2.75, 3.05) is 40.8 Å². The van der Waals surface area contributed by atoms with E-state index in [-0.39, 0.29) is 24.4 Å². The Morgan fingerprint density at radius 1 is 1.50 bits per heavy atom. The lowest BCUT2D eigenvalue weighted by Crippen LogP contribution is -2.48. The molecule has 1 rings (SSSR count). The summed E-state index contributed by atoms with van der Waals surface area (Å²) in [6.07, 6.45) is 1.25. The highest BCUT2D eigenvalue weighted by atomic mass is 16.2. The van der Waals surface area contributed by atoms with Crippen molar-refractivity contribution < 1.29 is 4.79 Å². The van der Waals surface area contributed by atoms with Crippen LogP contribution in [0.1, 0.15) is 19.8 Å². The molecular weight excluding hydrogens is 228 g/mol. The molecule has 0 aromatic heterocycles. The van der Waals surface area contributed by atoms with Gasteiger partial charge in [0, 0.05) is 25.7 Å². The molecule has 0 N–H and O–H groups in total. The number of nitriles is 1. The minimum absolute atomic E-state index is 0.103. The topological polar surface area (TPSA) is 50.6 Å². The van der Waals surface area contributed by atoms with Gasteiger partial charge in [0.1, 0.15) is 6.04 Å². The van der Waals surface area contributed by atoms with Crippen LogP contribution in [0, 0.1) is 11.3 Å². The Balaban J connectivity index is 2.79. The van der Waals surface area contributed by atoms with Crippen LogP contribution in [-0.4, -0.2) is 73.5 Å². The number of hydrogen-bond donors (Lipinski definition) is 0. The zero-order valence-electron chi connectivity index (χ0n) is 11.9. The van der Waals surface area contributed by atoms with Crippen LogP contribution < -0.4 is 0 Å². The van der Waals surface area contributed by atoms with E-state index in [0.717, 1.165) is 26.1 Å². The normalized spacial score (nSPS) is 26.2. The van der Waals surface area contributed by atoms with E-state index >= 15 is 0 Å². The summed E-state index contributed by atoms with van der Waals surface area (Å²) in [6.45, 7) is 4.57. The molecular formula is C13H24N4O. The zero-order chi connectivity index (χ0) is 13.7. The second kappa shape index (κ2) is 6.72. The van der Waals surface area contributed by atoms with Gasteiger partial charge in [0.2, 0.25) is 5.91 Å². The molecule has 1 aliphatic rings. The second-order valence-corrected chi connectivity index (χ2v) is 5.33. The van der Waals surface area contributed by atoms with Gasteiger partial charge in [-0.15, -0.1) is 0 Å². The van der Waals surface area contributed by atoms with Crippen molar-refractivity contribution in [3.05, 3.63) is 0 Å². The first-order valence-corrected chi connectivity index (χ1v) is 6.49. The Morgan fingerprint density at radius 3 is 2.72 bits per heavy atom. The molecule has 102 valence electrons. The highest BCUT2D eigenvalue weighted by molar-refractivity contribution is 5.82. The van der Waals surface area contributed by atoms with Crippen LogP contribution >= 0.6 is 0 Å². The summed E-state index contributed by atoms with van der Waals surface area (Å²) >= 11 is 0. The van der Waals surface area contributed by atoms with Gasteiger partial charge in [-0.05, 0) is 34.5 Å². The Bertz CT molecular complexity index is 323. The number of nitrogens with zero attached hydrogens (tertiary/aromatic N) is 4. The number of amides is 1. The quantitative estimate of drug-likeness (QED) is 0.726.